The number of ether oxygens (including phenoxy) is 2. The summed E-state index contributed by atoms with van der Waals surface area (Å²) in [6, 6.07) is 18.5. The lowest BCUT2D eigenvalue weighted by molar-refractivity contribution is -0.145. The number of carbonyl (C=O) groups is 2. The molecule has 0 heterocycles. The molecule has 6 heteroatoms. The van der Waals surface area contributed by atoms with Crippen LogP contribution in [-0.2, 0) is 45.1 Å². The molecule has 0 fully saturated rings. The van der Waals surface area contributed by atoms with E-state index in [1.807, 2.05) is 0 Å². The van der Waals surface area contributed by atoms with Gasteiger partial charge in [-0.25, -0.2) is 8.78 Å². The summed E-state index contributed by atoms with van der Waals surface area (Å²) in [7, 11) is 0. The molecule has 0 bridgehead atoms. The Labute approximate surface area is 173 Å². The highest BCUT2D eigenvalue weighted by molar-refractivity contribution is 5.73. The van der Waals surface area contributed by atoms with Crippen molar-refractivity contribution in [1.29, 1.82) is 0 Å². The third-order valence-corrected chi connectivity index (χ3v) is 4.35. The van der Waals surface area contributed by atoms with Crippen molar-refractivity contribution in [3.8, 4) is 0 Å². The Morgan fingerprint density at radius 1 is 0.533 bits per heavy atom. The molecule has 30 heavy (non-hydrogen) atoms. The lowest BCUT2D eigenvalue weighted by Crippen LogP contribution is -2.09. The average molecular weight is 410 g/mol. The molecule has 3 aromatic rings. The van der Waals surface area contributed by atoms with Crippen LogP contribution in [0.1, 0.15) is 22.3 Å². The second-order valence-corrected chi connectivity index (χ2v) is 6.74. The monoisotopic (exact) mass is 410 g/mol. The minimum absolute atomic E-state index is 0.0718. The Morgan fingerprint density at radius 2 is 0.833 bits per heavy atom. The summed E-state index contributed by atoms with van der Waals surface area (Å²) in [6.45, 7) is 0.231. The molecule has 0 saturated carbocycles. The molecule has 0 radical (unpaired) electrons. The molecule has 0 N–H and O–H groups in total. The fourth-order valence-electron chi connectivity index (χ4n) is 2.70. The minimum Gasteiger partial charge on any atom is -0.461 e. The zero-order valence-electron chi connectivity index (χ0n) is 16.1. The zero-order valence-corrected chi connectivity index (χ0v) is 16.1. The van der Waals surface area contributed by atoms with Crippen LogP contribution < -0.4 is 0 Å². The molecular formula is C24H20F2O4. The summed E-state index contributed by atoms with van der Waals surface area (Å²) in [6.07, 6.45) is 0.144. The van der Waals surface area contributed by atoms with Gasteiger partial charge in [-0.1, -0.05) is 48.5 Å². The quantitative estimate of drug-likeness (QED) is 0.512. The number of rotatable bonds is 8. The smallest absolute Gasteiger partial charge is 0.310 e. The SMILES string of the molecule is O=C(Cc1ccc(F)cc1)OCc1ccc(COC(=O)Cc2ccc(F)cc2)cc1. The predicted octanol–water partition coefficient (Wildman–Crippen LogP) is 4.54. The summed E-state index contributed by atoms with van der Waals surface area (Å²) >= 11 is 0. The van der Waals surface area contributed by atoms with Gasteiger partial charge in [0, 0.05) is 0 Å². The third-order valence-electron chi connectivity index (χ3n) is 4.35. The van der Waals surface area contributed by atoms with E-state index in [1.165, 1.54) is 24.3 Å². The summed E-state index contributed by atoms with van der Waals surface area (Å²) in [5.74, 6) is -1.51. The summed E-state index contributed by atoms with van der Waals surface area (Å²) in [5, 5.41) is 0. The van der Waals surface area contributed by atoms with Crippen LogP contribution in [0.5, 0.6) is 0 Å². The van der Waals surface area contributed by atoms with Crippen molar-refractivity contribution < 1.29 is 27.8 Å². The third kappa shape index (κ3) is 6.81. The zero-order chi connectivity index (χ0) is 21.3. The molecule has 0 amide bonds. The molecule has 0 aliphatic carbocycles. The van der Waals surface area contributed by atoms with Crippen LogP contribution in [-0.4, -0.2) is 11.9 Å². The molecule has 0 spiro atoms. The predicted molar refractivity (Wildman–Crippen MR) is 106 cm³/mol. The van der Waals surface area contributed by atoms with E-state index >= 15 is 0 Å². The first-order valence-electron chi connectivity index (χ1n) is 9.36. The van der Waals surface area contributed by atoms with Crippen LogP contribution in [0.15, 0.2) is 72.8 Å². The highest BCUT2D eigenvalue weighted by Crippen LogP contribution is 2.10. The van der Waals surface area contributed by atoms with Crippen LogP contribution in [0, 0.1) is 11.6 Å². The Balaban J connectivity index is 1.40. The number of hydrogen-bond donors (Lipinski definition) is 0. The number of carbonyl (C=O) groups excluding carboxylic acids is 2. The van der Waals surface area contributed by atoms with Crippen LogP contribution in [0.4, 0.5) is 8.78 Å². The summed E-state index contributed by atoms with van der Waals surface area (Å²) < 4.78 is 36.2. The molecule has 154 valence electrons. The summed E-state index contributed by atoms with van der Waals surface area (Å²) in [5.41, 5.74) is 2.95. The van der Waals surface area contributed by atoms with Crippen molar-refractivity contribution in [1.82, 2.24) is 0 Å². The van der Waals surface area contributed by atoms with E-state index in [-0.39, 0.29) is 37.7 Å². The van der Waals surface area contributed by atoms with Gasteiger partial charge in [-0.3, -0.25) is 9.59 Å². The van der Waals surface area contributed by atoms with Gasteiger partial charge in [0.15, 0.2) is 0 Å². The summed E-state index contributed by atoms with van der Waals surface area (Å²) in [4.78, 5) is 23.8. The molecule has 4 nitrogen and oxygen atoms in total. The minimum atomic E-state index is -0.402. The van der Waals surface area contributed by atoms with Crippen LogP contribution in [0.2, 0.25) is 0 Å². The molecular weight excluding hydrogens is 390 g/mol. The Hall–Kier alpha value is -3.54. The van der Waals surface area contributed by atoms with E-state index in [9.17, 15) is 18.4 Å². The molecule has 3 aromatic carbocycles. The van der Waals surface area contributed by atoms with Gasteiger partial charge in [0.1, 0.15) is 24.8 Å². The molecule has 0 atom stereocenters. The van der Waals surface area contributed by atoms with Gasteiger partial charge in [0.25, 0.3) is 0 Å². The fraction of sp³-hybridized carbons (Fsp3) is 0.167. The van der Waals surface area contributed by atoms with E-state index in [1.54, 1.807) is 48.5 Å². The maximum Gasteiger partial charge on any atom is 0.310 e. The van der Waals surface area contributed by atoms with Gasteiger partial charge >= 0.3 is 11.9 Å². The first-order valence-corrected chi connectivity index (χ1v) is 9.36. The number of esters is 2. The van der Waals surface area contributed by atoms with Gasteiger partial charge in [0.2, 0.25) is 0 Å². The lowest BCUT2D eigenvalue weighted by atomic mass is 10.1. The fourth-order valence-corrected chi connectivity index (χ4v) is 2.70. The maximum atomic E-state index is 12.9. The lowest BCUT2D eigenvalue weighted by Gasteiger charge is -2.08. The average Bonchev–Trinajstić information content (AvgIpc) is 2.75. The van der Waals surface area contributed by atoms with Crippen molar-refractivity contribution in [2.45, 2.75) is 26.1 Å². The van der Waals surface area contributed by atoms with E-state index in [4.69, 9.17) is 9.47 Å². The van der Waals surface area contributed by atoms with Gasteiger partial charge in [0.05, 0.1) is 12.8 Å². The second kappa shape index (κ2) is 10.3. The number of hydrogen-bond acceptors (Lipinski definition) is 4. The molecule has 3 rings (SSSR count). The number of halogens is 2. The highest BCUT2D eigenvalue weighted by atomic mass is 19.1. The molecule has 0 unspecified atom stereocenters. The van der Waals surface area contributed by atoms with Crippen molar-refractivity contribution in [2.24, 2.45) is 0 Å². The standard InChI is InChI=1S/C24H20F2O4/c25-21-9-5-17(6-10-21)13-23(27)29-15-19-1-2-20(4-3-19)16-30-24(28)14-18-7-11-22(26)12-8-18/h1-12H,13-16H2. The maximum absolute atomic E-state index is 12.9. The largest absolute Gasteiger partial charge is 0.461 e. The van der Waals surface area contributed by atoms with Crippen LogP contribution >= 0.6 is 0 Å². The van der Waals surface area contributed by atoms with Gasteiger partial charge in [-0.15, -0.1) is 0 Å². The Bertz CT molecular complexity index is 899. The van der Waals surface area contributed by atoms with Gasteiger partial charge in [-0.05, 0) is 46.5 Å². The van der Waals surface area contributed by atoms with Crippen molar-refractivity contribution >= 4 is 11.9 Å². The van der Waals surface area contributed by atoms with Gasteiger partial charge in [-0.2, -0.15) is 0 Å². The van der Waals surface area contributed by atoms with Gasteiger partial charge < -0.3 is 9.47 Å². The first-order chi connectivity index (χ1) is 14.5. The van der Waals surface area contributed by atoms with Crippen LogP contribution in [0.25, 0.3) is 0 Å². The molecule has 0 saturated heterocycles. The topological polar surface area (TPSA) is 52.6 Å². The van der Waals surface area contributed by atoms with E-state index in [2.05, 4.69) is 0 Å². The van der Waals surface area contributed by atoms with Crippen molar-refractivity contribution in [2.75, 3.05) is 0 Å². The van der Waals surface area contributed by atoms with E-state index < -0.39 is 11.9 Å². The molecule has 0 aliphatic heterocycles. The van der Waals surface area contributed by atoms with Crippen molar-refractivity contribution in [3.63, 3.8) is 0 Å². The Morgan fingerprint density at radius 3 is 1.17 bits per heavy atom. The van der Waals surface area contributed by atoms with Crippen molar-refractivity contribution in [3.05, 3.63) is 107 Å². The number of benzene rings is 3. The Kier molecular flexibility index (Phi) is 7.27. The highest BCUT2D eigenvalue weighted by Gasteiger charge is 2.08. The normalized spacial score (nSPS) is 10.5. The second-order valence-electron chi connectivity index (χ2n) is 6.74. The van der Waals surface area contributed by atoms with E-state index in [0.29, 0.717) is 11.1 Å². The molecule has 0 aromatic heterocycles. The molecule has 0 aliphatic rings. The first kappa shape index (κ1) is 21.2. The van der Waals surface area contributed by atoms with E-state index in [0.717, 1.165) is 11.1 Å². The van der Waals surface area contributed by atoms with Crippen LogP contribution in [0.3, 0.4) is 0 Å².